The van der Waals surface area contributed by atoms with Gasteiger partial charge in [-0.25, -0.2) is 0 Å². The van der Waals surface area contributed by atoms with Crippen LogP contribution < -0.4 is 0 Å². The SMILES string of the molecule is CCC1CCN1CC1CC1(Cl)Cl. The minimum Gasteiger partial charge on any atom is -0.300 e. The lowest BCUT2D eigenvalue weighted by Crippen LogP contribution is -2.48. The van der Waals surface area contributed by atoms with E-state index in [1.165, 1.54) is 19.4 Å². The first-order valence-electron chi connectivity index (χ1n) is 4.75. The zero-order valence-electron chi connectivity index (χ0n) is 7.39. The standard InChI is InChI=1S/C9H15Cl2N/c1-2-8-3-4-12(8)6-7-5-9(7,10)11/h7-8H,2-6H2,1H3. The highest BCUT2D eigenvalue weighted by Crippen LogP contribution is 2.53. The minimum absolute atomic E-state index is 0.381. The van der Waals surface area contributed by atoms with Gasteiger partial charge in [0.2, 0.25) is 0 Å². The highest BCUT2D eigenvalue weighted by atomic mass is 35.5. The van der Waals surface area contributed by atoms with E-state index in [-0.39, 0.29) is 4.33 Å². The average Bonchev–Trinajstić information content (AvgIpc) is 2.53. The summed E-state index contributed by atoms with van der Waals surface area (Å²) in [6.07, 6.45) is 3.62. The van der Waals surface area contributed by atoms with E-state index in [0.29, 0.717) is 5.92 Å². The predicted octanol–water partition coefficient (Wildman–Crippen LogP) is 2.66. The van der Waals surface area contributed by atoms with Crippen LogP contribution >= 0.6 is 23.2 Å². The lowest BCUT2D eigenvalue weighted by Gasteiger charge is -2.40. The van der Waals surface area contributed by atoms with Crippen molar-refractivity contribution < 1.29 is 0 Å². The molecule has 1 nitrogen and oxygen atoms in total. The molecule has 1 saturated heterocycles. The molecule has 2 rings (SSSR count). The highest BCUT2D eigenvalue weighted by Gasteiger charge is 2.52. The molecule has 0 spiro atoms. The molecule has 1 aliphatic heterocycles. The number of likely N-dealkylation sites (tertiary alicyclic amines) is 1. The van der Waals surface area contributed by atoms with Gasteiger partial charge in [-0.3, -0.25) is 4.90 Å². The van der Waals surface area contributed by atoms with Crippen molar-refractivity contribution >= 4 is 23.2 Å². The highest BCUT2D eigenvalue weighted by molar-refractivity contribution is 6.50. The Morgan fingerprint density at radius 1 is 1.50 bits per heavy atom. The third kappa shape index (κ3) is 1.59. The van der Waals surface area contributed by atoms with Crippen molar-refractivity contribution in [3.8, 4) is 0 Å². The van der Waals surface area contributed by atoms with Crippen LogP contribution in [0.5, 0.6) is 0 Å². The van der Waals surface area contributed by atoms with E-state index in [4.69, 9.17) is 23.2 Å². The average molecular weight is 208 g/mol. The van der Waals surface area contributed by atoms with Gasteiger partial charge < -0.3 is 0 Å². The van der Waals surface area contributed by atoms with Gasteiger partial charge in [-0.2, -0.15) is 0 Å². The van der Waals surface area contributed by atoms with Gasteiger partial charge in [-0.15, -0.1) is 23.2 Å². The molecule has 0 radical (unpaired) electrons. The molecule has 2 fully saturated rings. The molecule has 2 unspecified atom stereocenters. The Morgan fingerprint density at radius 2 is 2.17 bits per heavy atom. The molecule has 0 amide bonds. The zero-order chi connectivity index (χ0) is 8.77. The van der Waals surface area contributed by atoms with Crippen LogP contribution in [-0.2, 0) is 0 Å². The number of rotatable bonds is 3. The molecule has 0 aromatic carbocycles. The van der Waals surface area contributed by atoms with Crippen LogP contribution in [0.1, 0.15) is 26.2 Å². The Bertz CT molecular complexity index is 179. The van der Waals surface area contributed by atoms with Crippen LogP contribution in [0.4, 0.5) is 0 Å². The largest absolute Gasteiger partial charge is 0.300 e. The number of hydrogen-bond donors (Lipinski definition) is 0. The summed E-state index contributed by atoms with van der Waals surface area (Å²) in [4.78, 5) is 2.51. The van der Waals surface area contributed by atoms with E-state index in [1.807, 2.05) is 0 Å². The van der Waals surface area contributed by atoms with Crippen molar-refractivity contribution in [1.82, 2.24) is 4.90 Å². The molecular formula is C9H15Cl2N. The Labute approximate surface area is 84.0 Å². The van der Waals surface area contributed by atoms with Crippen molar-refractivity contribution in [2.75, 3.05) is 13.1 Å². The third-order valence-electron chi connectivity index (χ3n) is 3.15. The second kappa shape index (κ2) is 3.04. The maximum atomic E-state index is 5.96. The monoisotopic (exact) mass is 207 g/mol. The third-order valence-corrected chi connectivity index (χ3v) is 4.07. The fraction of sp³-hybridized carbons (Fsp3) is 1.00. The molecule has 3 heteroatoms. The van der Waals surface area contributed by atoms with Gasteiger partial charge in [-0.05, 0) is 25.8 Å². The first-order chi connectivity index (χ1) is 5.63. The zero-order valence-corrected chi connectivity index (χ0v) is 8.91. The Kier molecular flexibility index (Phi) is 2.31. The Balaban J connectivity index is 1.75. The molecule has 12 heavy (non-hydrogen) atoms. The van der Waals surface area contributed by atoms with E-state index >= 15 is 0 Å². The molecule has 1 heterocycles. The number of hydrogen-bond acceptors (Lipinski definition) is 1. The van der Waals surface area contributed by atoms with Crippen molar-refractivity contribution in [1.29, 1.82) is 0 Å². The van der Waals surface area contributed by atoms with E-state index in [9.17, 15) is 0 Å². The summed E-state index contributed by atoms with van der Waals surface area (Å²) in [5.74, 6) is 0.537. The lowest BCUT2D eigenvalue weighted by molar-refractivity contribution is 0.0819. The van der Waals surface area contributed by atoms with Crippen molar-refractivity contribution in [2.45, 2.75) is 36.6 Å². The fourth-order valence-electron chi connectivity index (χ4n) is 1.95. The van der Waals surface area contributed by atoms with E-state index in [0.717, 1.165) is 19.0 Å². The summed E-state index contributed by atoms with van der Waals surface area (Å²) < 4.78 is -0.381. The molecule has 1 saturated carbocycles. The van der Waals surface area contributed by atoms with E-state index in [2.05, 4.69) is 11.8 Å². The van der Waals surface area contributed by atoms with Gasteiger partial charge in [0.25, 0.3) is 0 Å². The Hall–Kier alpha value is 0.540. The molecule has 2 atom stereocenters. The van der Waals surface area contributed by atoms with Crippen molar-refractivity contribution in [2.24, 2.45) is 5.92 Å². The van der Waals surface area contributed by atoms with Crippen LogP contribution in [0.3, 0.4) is 0 Å². The second-order valence-corrected chi connectivity index (χ2v) is 5.55. The summed E-state index contributed by atoms with van der Waals surface area (Å²) in [5, 5.41) is 0. The smallest absolute Gasteiger partial charge is 0.122 e. The van der Waals surface area contributed by atoms with Crippen LogP contribution in [-0.4, -0.2) is 28.4 Å². The van der Waals surface area contributed by atoms with E-state index in [1.54, 1.807) is 0 Å². The summed E-state index contributed by atoms with van der Waals surface area (Å²) in [6, 6.07) is 0.815. The fourth-order valence-corrected chi connectivity index (χ4v) is 2.46. The molecule has 1 aliphatic carbocycles. The number of nitrogens with zero attached hydrogens (tertiary/aromatic N) is 1. The molecule has 70 valence electrons. The lowest BCUT2D eigenvalue weighted by atomic mass is 10.0. The van der Waals surface area contributed by atoms with Gasteiger partial charge in [0, 0.05) is 18.5 Å². The number of alkyl halides is 2. The number of halogens is 2. The first kappa shape index (κ1) is 9.11. The summed E-state index contributed by atoms with van der Waals surface area (Å²) >= 11 is 11.9. The molecule has 0 bridgehead atoms. The Morgan fingerprint density at radius 3 is 2.50 bits per heavy atom. The second-order valence-electron chi connectivity index (χ2n) is 4.01. The molecule has 0 aromatic heterocycles. The maximum Gasteiger partial charge on any atom is 0.122 e. The maximum absolute atomic E-state index is 5.96. The topological polar surface area (TPSA) is 3.24 Å². The van der Waals surface area contributed by atoms with Crippen molar-refractivity contribution in [3.63, 3.8) is 0 Å². The normalized spacial score (nSPS) is 39.2. The van der Waals surface area contributed by atoms with E-state index < -0.39 is 0 Å². The quantitative estimate of drug-likeness (QED) is 0.644. The van der Waals surface area contributed by atoms with Crippen LogP contribution in [0.2, 0.25) is 0 Å². The summed E-state index contributed by atoms with van der Waals surface area (Å²) in [5.41, 5.74) is 0. The molecular weight excluding hydrogens is 193 g/mol. The van der Waals surface area contributed by atoms with Gasteiger partial charge in [0.1, 0.15) is 4.33 Å². The van der Waals surface area contributed by atoms with Crippen molar-refractivity contribution in [3.05, 3.63) is 0 Å². The summed E-state index contributed by atoms with van der Waals surface area (Å²) in [6.45, 7) is 4.61. The van der Waals surface area contributed by atoms with Gasteiger partial charge >= 0.3 is 0 Å². The predicted molar refractivity (Wildman–Crippen MR) is 52.8 cm³/mol. The van der Waals surface area contributed by atoms with Crippen LogP contribution in [0.25, 0.3) is 0 Å². The van der Waals surface area contributed by atoms with Crippen LogP contribution in [0.15, 0.2) is 0 Å². The molecule has 0 aromatic rings. The van der Waals surface area contributed by atoms with Gasteiger partial charge in [0.15, 0.2) is 0 Å². The molecule has 2 aliphatic rings. The first-order valence-corrected chi connectivity index (χ1v) is 5.51. The summed E-state index contributed by atoms with van der Waals surface area (Å²) in [7, 11) is 0. The van der Waals surface area contributed by atoms with Crippen LogP contribution in [0, 0.1) is 5.92 Å². The molecule has 0 N–H and O–H groups in total. The van der Waals surface area contributed by atoms with Gasteiger partial charge in [0.05, 0.1) is 0 Å². The minimum atomic E-state index is -0.381. The van der Waals surface area contributed by atoms with Gasteiger partial charge in [-0.1, -0.05) is 6.92 Å².